The summed E-state index contributed by atoms with van der Waals surface area (Å²) >= 11 is 1.79. The van der Waals surface area contributed by atoms with E-state index in [0.29, 0.717) is 12.4 Å². The van der Waals surface area contributed by atoms with Crippen molar-refractivity contribution in [3.05, 3.63) is 23.9 Å². The van der Waals surface area contributed by atoms with Gasteiger partial charge in [-0.1, -0.05) is 11.8 Å². The van der Waals surface area contributed by atoms with Crippen LogP contribution in [-0.2, 0) is 6.54 Å². The minimum absolute atomic E-state index is 0.153. The topological polar surface area (TPSA) is 46.5 Å². The lowest BCUT2D eigenvalue weighted by Crippen LogP contribution is -2.46. The highest BCUT2D eigenvalue weighted by molar-refractivity contribution is 8.13. The molecule has 0 amide bonds. The van der Waals surface area contributed by atoms with Crippen LogP contribution >= 0.6 is 11.8 Å². The van der Waals surface area contributed by atoms with Gasteiger partial charge in [0.15, 0.2) is 5.17 Å². The fourth-order valence-corrected chi connectivity index (χ4v) is 3.01. The third kappa shape index (κ3) is 3.63. The molecule has 2 heterocycles. The number of rotatable bonds is 3. The second kappa shape index (κ2) is 5.61. The third-order valence-electron chi connectivity index (χ3n) is 2.82. The van der Waals surface area contributed by atoms with Crippen LogP contribution in [0, 0.1) is 0 Å². The maximum atomic E-state index is 5.10. The standard InChI is InChI=1S/C13H19N3OS/c1-13(2)5-7-18-12(16-13)15-9-10-4-6-14-11(8-10)17-3/h4,6,8H,5,7,9H2,1-3H3,(H,15,16). The predicted molar refractivity (Wildman–Crippen MR) is 76.2 cm³/mol. The largest absolute Gasteiger partial charge is 0.481 e. The highest BCUT2D eigenvalue weighted by atomic mass is 32.2. The van der Waals surface area contributed by atoms with Gasteiger partial charge in [0.2, 0.25) is 5.88 Å². The van der Waals surface area contributed by atoms with Gasteiger partial charge >= 0.3 is 0 Å². The van der Waals surface area contributed by atoms with E-state index in [4.69, 9.17) is 4.74 Å². The highest BCUT2D eigenvalue weighted by Gasteiger charge is 2.23. The summed E-state index contributed by atoms with van der Waals surface area (Å²) in [4.78, 5) is 8.69. The molecule has 5 heteroatoms. The summed E-state index contributed by atoms with van der Waals surface area (Å²) in [6.07, 6.45) is 2.92. The summed E-state index contributed by atoms with van der Waals surface area (Å²) in [5.74, 6) is 1.76. The molecule has 0 atom stereocenters. The molecule has 0 saturated carbocycles. The van der Waals surface area contributed by atoms with E-state index in [2.05, 4.69) is 29.1 Å². The lowest BCUT2D eigenvalue weighted by Gasteiger charge is -2.32. The number of hydrogen-bond acceptors (Lipinski definition) is 4. The van der Waals surface area contributed by atoms with Crippen LogP contribution in [0.25, 0.3) is 0 Å². The van der Waals surface area contributed by atoms with Crippen LogP contribution in [0.15, 0.2) is 23.3 Å². The zero-order valence-electron chi connectivity index (χ0n) is 11.1. The normalized spacial score (nSPS) is 20.5. The molecule has 0 radical (unpaired) electrons. The smallest absolute Gasteiger partial charge is 0.213 e. The number of ether oxygens (including phenoxy) is 1. The number of aromatic nitrogens is 1. The Morgan fingerprint density at radius 1 is 1.56 bits per heavy atom. The summed E-state index contributed by atoms with van der Waals surface area (Å²) in [5, 5.41) is 4.49. The fourth-order valence-electron chi connectivity index (χ4n) is 1.70. The fraction of sp³-hybridized carbons (Fsp3) is 0.538. The minimum atomic E-state index is 0.153. The Hall–Kier alpha value is -1.23. The number of hydrogen-bond donors (Lipinski definition) is 1. The molecule has 18 heavy (non-hydrogen) atoms. The minimum Gasteiger partial charge on any atom is -0.481 e. The van der Waals surface area contributed by atoms with Crippen molar-refractivity contribution in [3.63, 3.8) is 0 Å². The molecule has 2 rings (SSSR count). The van der Waals surface area contributed by atoms with Crippen molar-refractivity contribution in [1.29, 1.82) is 0 Å². The van der Waals surface area contributed by atoms with Gasteiger partial charge in [-0.3, -0.25) is 4.99 Å². The molecule has 98 valence electrons. The molecule has 1 N–H and O–H groups in total. The Labute approximate surface area is 112 Å². The zero-order valence-corrected chi connectivity index (χ0v) is 11.9. The first-order chi connectivity index (χ1) is 8.59. The van der Waals surface area contributed by atoms with Gasteiger partial charge in [0, 0.05) is 23.6 Å². The molecule has 0 unspecified atom stereocenters. The van der Waals surface area contributed by atoms with Crippen molar-refractivity contribution in [3.8, 4) is 5.88 Å². The second-order valence-electron chi connectivity index (χ2n) is 4.94. The molecule has 1 aliphatic heterocycles. The van der Waals surface area contributed by atoms with Crippen LogP contribution < -0.4 is 10.1 Å². The van der Waals surface area contributed by atoms with Gasteiger partial charge < -0.3 is 10.1 Å². The van der Waals surface area contributed by atoms with Crippen molar-refractivity contribution < 1.29 is 4.74 Å². The summed E-state index contributed by atoms with van der Waals surface area (Å²) in [5.41, 5.74) is 1.26. The number of nitrogens with zero attached hydrogens (tertiary/aromatic N) is 2. The first-order valence-electron chi connectivity index (χ1n) is 6.03. The SMILES string of the molecule is COc1cc(CN=C2NC(C)(C)CCS2)ccn1. The Bertz CT molecular complexity index is 446. The van der Waals surface area contributed by atoms with Crippen LogP contribution in [-0.4, -0.2) is 28.6 Å². The molecular formula is C13H19N3OS. The predicted octanol–water partition coefficient (Wildman–Crippen LogP) is 2.45. The van der Waals surface area contributed by atoms with Gasteiger partial charge in [0.05, 0.1) is 13.7 Å². The molecule has 0 aliphatic carbocycles. The summed E-state index contributed by atoms with van der Waals surface area (Å²) in [6.45, 7) is 5.07. The third-order valence-corrected chi connectivity index (χ3v) is 3.74. The molecule has 0 bridgehead atoms. The van der Waals surface area contributed by atoms with Crippen molar-refractivity contribution in [2.75, 3.05) is 12.9 Å². The van der Waals surface area contributed by atoms with Gasteiger partial charge in [0.1, 0.15) is 0 Å². The first-order valence-corrected chi connectivity index (χ1v) is 7.02. The number of pyridine rings is 1. The van der Waals surface area contributed by atoms with E-state index in [1.165, 1.54) is 6.42 Å². The summed E-state index contributed by atoms with van der Waals surface area (Å²) in [6, 6.07) is 3.88. The van der Waals surface area contributed by atoms with E-state index < -0.39 is 0 Å². The molecule has 1 aliphatic rings. The van der Waals surface area contributed by atoms with Gasteiger partial charge in [-0.25, -0.2) is 4.98 Å². The molecule has 4 nitrogen and oxygen atoms in total. The molecule has 1 aromatic rings. The quantitative estimate of drug-likeness (QED) is 0.912. The van der Waals surface area contributed by atoms with Crippen molar-refractivity contribution in [1.82, 2.24) is 10.3 Å². The lowest BCUT2D eigenvalue weighted by molar-refractivity contribution is 0.397. The van der Waals surface area contributed by atoms with E-state index in [-0.39, 0.29) is 5.54 Å². The van der Waals surface area contributed by atoms with Crippen LogP contribution in [0.4, 0.5) is 0 Å². The van der Waals surface area contributed by atoms with Crippen LogP contribution in [0.3, 0.4) is 0 Å². The van der Waals surface area contributed by atoms with Crippen LogP contribution in [0.5, 0.6) is 5.88 Å². The molecule has 1 aromatic heterocycles. The number of methoxy groups -OCH3 is 1. The Morgan fingerprint density at radius 2 is 2.39 bits per heavy atom. The summed E-state index contributed by atoms with van der Waals surface area (Å²) < 4.78 is 5.10. The zero-order chi connectivity index (χ0) is 13.0. The average molecular weight is 265 g/mol. The molecule has 1 fully saturated rings. The van der Waals surface area contributed by atoms with Crippen molar-refractivity contribution in [2.24, 2.45) is 4.99 Å². The summed E-state index contributed by atoms with van der Waals surface area (Å²) in [7, 11) is 1.62. The Balaban J connectivity index is 2.01. The maximum Gasteiger partial charge on any atom is 0.213 e. The van der Waals surface area contributed by atoms with Crippen LogP contribution in [0.2, 0.25) is 0 Å². The Morgan fingerprint density at radius 3 is 3.11 bits per heavy atom. The van der Waals surface area contributed by atoms with Crippen LogP contribution in [0.1, 0.15) is 25.8 Å². The van der Waals surface area contributed by atoms with Gasteiger partial charge in [0.25, 0.3) is 0 Å². The highest BCUT2D eigenvalue weighted by Crippen LogP contribution is 2.22. The average Bonchev–Trinajstić information content (AvgIpc) is 2.35. The van der Waals surface area contributed by atoms with Crippen molar-refractivity contribution >= 4 is 16.9 Å². The van der Waals surface area contributed by atoms with E-state index in [1.54, 1.807) is 25.1 Å². The lowest BCUT2D eigenvalue weighted by atomic mass is 10.0. The monoisotopic (exact) mass is 265 g/mol. The van der Waals surface area contributed by atoms with E-state index in [1.807, 2.05) is 12.1 Å². The number of thioether (sulfide) groups is 1. The van der Waals surface area contributed by atoms with E-state index >= 15 is 0 Å². The first kappa shape index (κ1) is 13.2. The van der Waals surface area contributed by atoms with E-state index in [9.17, 15) is 0 Å². The molecular weight excluding hydrogens is 246 g/mol. The Kier molecular flexibility index (Phi) is 4.11. The van der Waals surface area contributed by atoms with E-state index in [0.717, 1.165) is 16.5 Å². The van der Waals surface area contributed by atoms with Gasteiger partial charge in [-0.05, 0) is 31.9 Å². The number of amidine groups is 1. The number of nitrogens with one attached hydrogen (secondary N) is 1. The molecule has 1 saturated heterocycles. The molecule has 0 spiro atoms. The molecule has 0 aromatic carbocycles. The maximum absolute atomic E-state index is 5.10. The van der Waals surface area contributed by atoms with Gasteiger partial charge in [-0.15, -0.1) is 0 Å². The second-order valence-corrected chi connectivity index (χ2v) is 6.02. The van der Waals surface area contributed by atoms with Gasteiger partial charge in [-0.2, -0.15) is 0 Å². The van der Waals surface area contributed by atoms with Crippen molar-refractivity contribution in [2.45, 2.75) is 32.4 Å². The number of aliphatic imine (C=N–C) groups is 1.